The molecule has 2 fully saturated rings. The van der Waals surface area contributed by atoms with Crippen molar-refractivity contribution in [2.45, 2.75) is 28.1 Å². The van der Waals surface area contributed by atoms with Gasteiger partial charge in [-0.2, -0.15) is 13.2 Å². The third-order valence-corrected chi connectivity index (χ3v) is 9.62. The fraction of sp³-hybridized carbons (Fsp3) is 0.385. The summed E-state index contributed by atoms with van der Waals surface area (Å²) < 4.78 is 38.0. The molecular formula is C26H27Cl2F3N3O3S2+. The normalized spacial score (nSPS) is 17.7. The second-order valence-electron chi connectivity index (χ2n) is 9.22. The Kier molecular flexibility index (Phi) is 10.0. The number of aliphatic carboxylic acids is 1. The molecule has 1 amide bonds. The van der Waals surface area contributed by atoms with Gasteiger partial charge >= 0.3 is 11.5 Å². The van der Waals surface area contributed by atoms with Crippen LogP contribution in [0, 0.1) is 5.92 Å². The number of carboxylic acids is 1. The van der Waals surface area contributed by atoms with E-state index in [-0.39, 0.29) is 50.0 Å². The number of halogens is 5. The van der Waals surface area contributed by atoms with Crippen molar-refractivity contribution >= 4 is 70.6 Å². The van der Waals surface area contributed by atoms with Gasteiger partial charge < -0.3 is 14.9 Å². The molecule has 39 heavy (non-hydrogen) atoms. The number of hydrogen-bond donors (Lipinski definition) is 2. The predicted octanol–water partition coefficient (Wildman–Crippen LogP) is 5.35. The van der Waals surface area contributed by atoms with Gasteiger partial charge in [-0.3, -0.25) is 13.9 Å². The number of hydrogen-bond acceptors (Lipinski definition) is 5. The fourth-order valence-electron chi connectivity index (χ4n) is 4.52. The molecule has 0 unspecified atom stereocenters. The SMILES string of the molecule is O=C(O)C1CCN(c2cccc(Sc3ccc(C=CC(=O)N4CC[NH+](SC(F)(F)F)CC4)c(Cl)c3Cl)c2)CC1. The quantitative estimate of drug-likeness (QED) is 0.321. The Morgan fingerprint density at radius 3 is 2.36 bits per heavy atom. The summed E-state index contributed by atoms with van der Waals surface area (Å²) in [5.41, 5.74) is -2.72. The Morgan fingerprint density at radius 2 is 1.72 bits per heavy atom. The number of nitrogens with zero attached hydrogens (tertiary/aromatic N) is 2. The average Bonchev–Trinajstić information content (AvgIpc) is 2.90. The van der Waals surface area contributed by atoms with Gasteiger partial charge in [0, 0.05) is 34.6 Å². The molecule has 2 aromatic carbocycles. The van der Waals surface area contributed by atoms with E-state index < -0.39 is 11.5 Å². The van der Waals surface area contributed by atoms with E-state index in [1.807, 2.05) is 30.3 Å². The van der Waals surface area contributed by atoms with Gasteiger partial charge in [0.1, 0.15) is 13.1 Å². The molecule has 2 saturated heterocycles. The van der Waals surface area contributed by atoms with Crippen molar-refractivity contribution < 1.29 is 32.2 Å². The number of quaternary nitrogens is 1. The van der Waals surface area contributed by atoms with Crippen molar-refractivity contribution in [3.05, 3.63) is 58.1 Å². The Bertz CT molecular complexity index is 1230. The summed E-state index contributed by atoms with van der Waals surface area (Å²) >= 11 is 14.5. The zero-order valence-corrected chi connectivity index (χ0v) is 23.9. The van der Waals surface area contributed by atoms with E-state index in [1.165, 1.54) is 22.7 Å². The molecule has 0 radical (unpaired) electrons. The third kappa shape index (κ3) is 8.23. The Labute approximate surface area is 243 Å². The number of alkyl halides is 3. The third-order valence-electron chi connectivity index (χ3n) is 6.63. The molecule has 2 aliphatic rings. The molecule has 13 heteroatoms. The Morgan fingerprint density at radius 1 is 1.03 bits per heavy atom. The molecule has 0 atom stereocenters. The van der Waals surface area contributed by atoms with E-state index in [1.54, 1.807) is 12.1 Å². The molecule has 2 aliphatic heterocycles. The lowest BCUT2D eigenvalue weighted by Crippen LogP contribution is -3.09. The molecule has 2 aromatic rings. The van der Waals surface area contributed by atoms with Gasteiger partial charge in [0.2, 0.25) is 5.91 Å². The number of nitrogens with one attached hydrogen (secondary N) is 1. The monoisotopic (exact) mass is 620 g/mol. The van der Waals surface area contributed by atoms with Crippen LogP contribution in [0.25, 0.3) is 6.08 Å². The summed E-state index contributed by atoms with van der Waals surface area (Å²) in [7, 11) is 0. The topological polar surface area (TPSA) is 65.3 Å². The van der Waals surface area contributed by atoms with Gasteiger partial charge in [-0.05, 0) is 48.7 Å². The number of rotatable bonds is 7. The van der Waals surface area contributed by atoms with Crippen LogP contribution in [0.15, 0.2) is 52.3 Å². The van der Waals surface area contributed by atoms with E-state index in [0.29, 0.717) is 45.8 Å². The molecule has 0 saturated carbocycles. The maximum atomic E-state index is 12.6. The van der Waals surface area contributed by atoms with Gasteiger partial charge in [-0.25, -0.2) is 0 Å². The number of carbonyl (C=O) groups excluding carboxylic acids is 1. The first-order valence-corrected chi connectivity index (χ1v) is 14.7. The van der Waals surface area contributed by atoms with Gasteiger partial charge in [-0.1, -0.05) is 47.1 Å². The summed E-state index contributed by atoms with van der Waals surface area (Å²) in [4.78, 5) is 29.2. The van der Waals surface area contributed by atoms with Gasteiger partial charge in [0.25, 0.3) is 0 Å². The highest BCUT2D eigenvalue weighted by atomic mass is 35.5. The smallest absolute Gasteiger partial charge is 0.481 e. The first kappa shape index (κ1) is 29.9. The van der Waals surface area contributed by atoms with E-state index in [4.69, 9.17) is 23.2 Å². The van der Waals surface area contributed by atoms with Crippen molar-refractivity contribution in [3.63, 3.8) is 0 Å². The summed E-state index contributed by atoms with van der Waals surface area (Å²) in [5.74, 6) is -1.33. The number of amides is 1. The fourth-order valence-corrected chi connectivity index (χ4v) is 6.71. The van der Waals surface area contributed by atoms with Crippen molar-refractivity contribution in [2.75, 3.05) is 44.2 Å². The van der Waals surface area contributed by atoms with Crippen LogP contribution < -0.4 is 9.21 Å². The number of benzene rings is 2. The molecule has 4 rings (SSSR count). The molecule has 2 heterocycles. The summed E-state index contributed by atoms with van der Waals surface area (Å²) in [5, 5.41) is 9.88. The molecule has 210 valence electrons. The minimum absolute atomic E-state index is 0.0794. The lowest BCUT2D eigenvalue weighted by atomic mass is 9.97. The average molecular weight is 622 g/mol. The lowest BCUT2D eigenvalue weighted by molar-refractivity contribution is -0.763. The first-order valence-electron chi connectivity index (χ1n) is 12.3. The zero-order valence-electron chi connectivity index (χ0n) is 20.7. The van der Waals surface area contributed by atoms with Crippen LogP contribution in [0.4, 0.5) is 18.9 Å². The van der Waals surface area contributed by atoms with Crippen molar-refractivity contribution in [2.24, 2.45) is 5.92 Å². The van der Waals surface area contributed by atoms with Crippen LogP contribution in [0.1, 0.15) is 18.4 Å². The zero-order chi connectivity index (χ0) is 28.2. The van der Waals surface area contributed by atoms with Crippen LogP contribution in [0.3, 0.4) is 0 Å². The molecule has 0 spiro atoms. The van der Waals surface area contributed by atoms with Gasteiger partial charge in [0.15, 0.2) is 11.9 Å². The molecule has 6 nitrogen and oxygen atoms in total. The highest BCUT2D eigenvalue weighted by Crippen LogP contribution is 2.40. The highest BCUT2D eigenvalue weighted by Gasteiger charge is 2.39. The molecule has 2 N–H and O–H groups in total. The second-order valence-corrected chi connectivity index (χ2v) is 12.3. The molecule has 0 bridgehead atoms. The maximum absolute atomic E-state index is 12.6. The minimum Gasteiger partial charge on any atom is -0.481 e. The van der Waals surface area contributed by atoms with Crippen LogP contribution in [0.5, 0.6) is 0 Å². The largest absolute Gasteiger partial charge is 0.496 e. The van der Waals surface area contributed by atoms with Crippen molar-refractivity contribution in [1.82, 2.24) is 4.90 Å². The highest BCUT2D eigenvalue weighted by molar-refractivity contribution is 7.99. The molecular weight excluding hydrogens is 594 g/mol. The molecule has 0 aliphatic carbocycles. The summed E-state index contributed by atoms with van der Waals surface area (Å²) in [6.07, 6.45) is 4.15. The van der Waals surface area contributed by atoms with E-state index in [2.05, 4.69) is 4.90 Å². The predicted molar refractivity (Wildman–Crippen MR) is 150 cm³/mol. The van der Waals surface area contributed by atoms with Crippen molar-refractivity contribution in [1.29, 1.82) is 0 Å². The van der Waals surface area contributed by atoms with Crippen molar-refractivity contribution in [3.8, 4) is 0 Å². The standard InChI is InChI=1S/C26H26Cl2F3N3O3S2/c27-23-17(5-7-22(35)33-12-14-34(15-13-33)39-26(29,30)31)4-6-21(24(23)28)38-20-3-1-2-19(16-20)32-10-8-18(9-11-32)25(36)37/h1-7,16,18H,8-15H2,(H,36,37)/p+1. The minimum atomic E-state index is -4.30. The van der Waals surface area contributed by atoms with Crippen LogP contribution >= 0.6 is 46.9 Å². The van der Waals surface area contributed by atoms with Crippen LogP contribution in [-0.4, -0.2) is 66.7 Å². The second kappa shape index (κ2) is 13.1. The summed E-state index contributed by atoms with van der Waals surface area (Å²) in [6, 6.07) is 11.5. The van der Waals surface area contributed by atoms with E-state index in [0.717, 1.165) is 15.5 Å². The lowest BCUT2D eigenvalue weighted by Gasteiger charge is -2.32. The van der Waals surface area contributed by atoms with Gasteiger partial charge in [0.05, 0.1) is 29.1 Å². The van der Waals surface area contributed by atoms with Gasteiger partial charge in [-0.15, -0.1) is 0 Å². The summed E-state index contributed by atoms with van der Waals surface area (Å²) in [6.45, 7) is 2.26. The number of carbonyl (C=O) groups is 2. The van der Waals surface area contributed by atoms with Crippen LogP contribution in [0.2, 0.25) is 10.0 Å². The van der Waals surface area contributed by atoms with E-state index in [9.17, 15) is 27.9 Å². The number of anilines is 1. The number of piperazine rings is 1. The maximum Gasteiger partial charge on any atom is 0.496 e. The number of carboxylic acid groups (broad SMARTS) is 1. The number of piperidine rings is 1. The molecule has 0 aromatic heterocycles. The Balaban J connectivity index is 1.36. The van der Waals surface area contributed by atoms with Crippen LogP contribution in [-0.2, 0) is 9.59 Å². The van der Waals surface area contributed by atoms with E-state index >= 15 is 0 Å². The Hall–Kier alpha value is -2.05. The first-order chi connectivity index (χ1) is 18.5.